The monoisotopic (exact) mass is 271 g/mol. The van der Waals surface area contributed by atoms with Gasteiger partial charge in [-0.15, -0.1) is 0 Å². The molecule has 1 aromatic rings. The fourth-order valence-electron chi connectivity index (χ4n) is 1.52. The number of ether oxygens (including phenoxy) is 1. The first-order valence-electron chi connectivity index (χ1n) is 5.30. The molecule has 0 atom stereocenters. The normalized spacial score (nSPS) is 10.3. The number of hydrogen-bond donors (Lipinski definition) is 1. The SMILES string of the molecule is COc1ccc(CCCCCN)cc1Br. The van der Waals surface area contributed by atoms with Gasteiger partial charge in [0.05, 0.1) is 11.6 Å². The molecule has 0 aliphatic heterocycles. The van der Waals surface area contributed by atoms with Gasteiger partial charge < -0.3 is 10.5 Å². The van der Waals surface area contributed by atoms with Crippen molar-refractivity contribution in [3.05, 3.63) is 28.2 Å². The quantitative estimate of drug-likeness (QED) is 0.807. The second kappa shape index (κ2) is 6.85. The molecule has 0 spiro atoms. The summed E-state index contributed by atoms with van der Waals surface area (Å²) in [6.45, 7) is 0.798. The summed E-state index contributed by atoms with van der Waals surface area (Å²) in [5.74, 6) is 0.890. The van der Waals surface area contributed by atoms with Gasteiger partial charge in [0.2, 0.25) is 0 Å². The van der Waals surface area contributed by atoms with Crippen molar-refractivity contribution in [2.75, 3.05) is 13.7 Å². The Morgan fingerprint density at radius 3 is 2.67 bits per heavy atom. The van der Waals surface area contributed by atoms with Crippen molar-refractivity contribution in [2.24, 2.45) is 5.73 Å². The van der Waals surface area contributed by atoms with Gasteiger partial charge in [-0.1, -0.05) is 12.5 Å². The minimum atomic E-state index is 0.798. The Morgan fingerprint density at radius 1 is 1.27 bits per heavy atom. The van der Waals surface area contributed by atoms with Crippen molar-refractivity contribution in [3.63, 3.8) is 0 Å². The van der Waals surface area contributed by atoms with Gasteiger partial charge in [-0.3, -0.25) is 0 Å². The Hall–Kier alpha value is -0.540. The molecule has 0 aliphatic rings. The summed E-state index contributed by atoms with van der Waals surface area (Å²) in [6, 6.07) is 6.25. The average molecular weight is 272 g/mol. The lowest BCUT2D eigenvalue weighted by Gasteiger charge is -2.06. The van der Waals surface area contributed by atoms with Gasteiger partial charge >= 0.3 is 0 Å². The zero-order chi connectivity index (χ0) is 11.1. The van der Waals surface area contributed by atoms with Gasteiger partial charge in [0.25, 0.3) is 0 Å². The summed E-state index contributed by atoms with van der Waals surface area (Å²) in [5, 5.41) is 0. The first-order chi connectivity index (χ1) is 7.27. The molecule has 15 heavy (non-hydrogen) atoms. The van der Waals surface area contributed by atoms with Crippen LogP contribution in [0.4, 0.5) is 0 Å². The summed E-state index contributed by atoms with van der Waals surface area (Å²) in [5.41, 5.74) is 6.79. The van der Waals surface area contributed by atoms with Gasteiger partial charge in [-0.05, 0) is 59.4 Å². The molecule has 0 radical (unpaired) electrons. The van der Waals surface area contributed by atoms with Crippen LogP contribution in [0.3, 0.4) is 0 Å². The largest absolute Gasteiger partial charge is 0.496 e. The molecule has 0 fully saturated rings. The molecule has 0 unspecified atom stereocenters. The van der Waals surface area contributed by atoms with Crippen LogP contribution in [0.25, 0.3) is 0 Å². The summed E-state index contributed by atoms with van der Waals surface area (Å²) in [6.07, 6.45) is 4.65. The fraction of sp³-hybridized carbons (Fsp3) is 0.500. The molecule has 84 valence electrons. The lowest BCUT2D eigenvalue weighted by Crippen LogP contribution is -1.98. The molecule has 1 rings (SSSR count). The molecule has 0 saturated carbocycles. The molecule has 0 aliphatic carbocycles. The van der Waals surface area contributed by atoms with E-state index >= 15 is 0 Å². The van der Waals surface area contributed by atoms with Gasteiger partial charge in [-0.25, -0.2) is 0 Å². The number of aryl methyl sites for hydroxylation is 1. The standard InChI is InChI=1S/C12H18BrNO/c1-15-12-7-6-10(9-11(12)13)5-3-2-4-8-14/h6-7,9H,2-5,8,14H2,1H3. The van der Waals surface area contributed by atoms with Crippen LogP contribution in [0.1, 0.15) is 24.8 Å². The van der Waals surface area contributed by atoms with E-state index in [9.17, 15) is 0 Å². The van der Waals surface area contributed by atoms with Crippen molar-refractivity contribution in [3.8, 4) is 5.75 Å². The van der Waals surface area contributed by atoms with E-state index in [4.69, 9.17) is 10.5 Å². The minimum absolute atomic E-state index is 0.798. The number of unbranched alkanes of at least 4 members (excludes halogenated alkanes) is 2. The molecule has 2 N–H and O–H groups in total. The first-order valence-corrected chi connectivity index (χ1v) is 6.09. The van der Waals surface area contributed by atoms with E-state index in [2.05, 4.69) is 28.1 Å². The van der Waals surface area contributed by atoms with Gasteiger partial charge in [0.15, 0.2) is 0 Å². The summed E-state index contributed by atoms with van der Waals surface area (Å²) >= 11 is 3.48. The van der Waals surface area contributed by atoms with E-state index in [1.807, 2.05) is 6.07 Å². The van der Waals surface area contributed by atoms with Crippen LogP contribution >= 0.6 is 15.9 Å². The highest BCUT2D eigenvalue weighted by Crippen LogP contribution is 2.26. The molecular weight excluding hydrogens is 254 g/mol. The van der Waals surface area contributed by atoms with Crippen LogP contribution in [0.2, 0.25) is 0 Å². The lowest BCUT2D eigenvalue weighted by atomic mass is 10.1. The Morgan fingerprint density at radius 2 is 2.07 bits per heavy atom. The lowest BCUT2D eigenvalue weighted by molar-refractivity contribution is 0.412. The van der Waals surface area contributed by atoms with Gasteiger partial charge in [0.1, 0.15) is 5.75 Å². The van der Waals surface area contributed by atoms with E-state index < -0.39 is 0 Å². The van der Waals surface area contributed by atoms with Crippen molar-refractivity contribution < 1.29 is 4.74 Å². The Labute approximate surface area is 99.9 Å². The Balaban J connectivity index is 2.45. The zero-order valence-electron chi connectivity index (χ0n) is 9.13. The van der Waals surface area contributed by atoms with Crippen molar-refractivity contribution >= 4 is 15.9 Å². The maximum atomic E-state index is 5.45. The molecule has 0 aromatic heterocycles. The molecule has 0 bridgehead atoms. The number of benzene rings is 1. The highest BCUT2D eigenvalue weighted by molar-refractivity contribution is 9.10. The van der Waals surface area contributed by atoms with Crippen LogP contribution in [-0.2, 0) is 6.42 Å². The van der Waals surface area contributed by atoms with E-state index in [-0.39, 0.29) is 0 Å². The minimum Gasteiger partial charge on any atom is -0.496 e. The van der Waals surface area contributed by atoms with Crippen LogP contribution in [-0.4, -0.2) is 13.7 Å². The molecule has 0 heterocycles. The van der Waals surface area contributed by atoms with Crippen LogP contribution < -0.4 is 10.5 Å². The predicted octanol–water partition coefficient (Wildman–Crippen LogP) is 3.13. The van der Waals surface area contributed by atoms with E-state index in [1.165, 1.54) is 18.4 Å². The van der Waals surface area contributed by atoms with Crippen molar-refractivity contribution in [1.29, 1.82) is 0 Å². The summed E-state index contributed by atoms with van der Waals surface area (Å²) in [7, 11) is 1.68. The molecule has 0 saturated heterocycles. The number of nitrogens with two attached hydrogens (primary N) is 1. The summed E-state index contributed by atoms with van der Waals surface area (Å²) < 4.78 is 6.21. The number of halogens is 1. The van der Waals surface area contributed by atoms with Gasteiger partial charge in [-0.2, -0.15) is 0 Å². The smallest absolute Gasteiger partial charge is 0.133 e. The number of rotatable bonds is 6. The Bertz CT molecular complexity index is 302. The highest BCUT2D eigenvalue weighted by Gasteiger charge is 2.00. The summed E-state index contributed by atoms with van der Waals surface area (Å²) in [4.78, 5) is 0. The third-order valence-corrected chi connectivity index (χ3v) is 3.01. The van der Waals surface area contributed by atoms with E-state index in [0.29, 0.717) is 0 Å². The van der Waals surface area contributed by atoms with Crippen LogP contribution in [0, 0.1) is 0 Å². The van der Waals surface area contributed by atoms with E-state index in [1.54, 1.807) is 7.11 Å². The maximum absolute atomic E-state index is 5.45. The molecule has 2 nitrogen and oxygen atoms in total. The fourth-order valence-corrected chi connectivity index (χ4v) is 2.10. The van der Waals surface area contributed by atoms with Gasteiger partial charge in [0, 0.05) is 0 Å². The Kier molecular flexibility index (Phi) is 5.73. The van der Waals surface area contributed by atoms with Crippen LogP contribution in [0.15, 0.2) is 22.7 Å². The second-order valence-electron chi connectivity index (χ2n) is 3.57. The number of hydrogen-bond acceptors (Lipinski definition) is 2. The zero-order valence-corrected chi connectivity index (χ0v) is 10.7. The van der Waals surface area contributed by atoms with Crippen molar-refractivity contribution in [2.45, 2.75) is 25.7 Å². The van der Waals surface area contributed by atoms with Crippen molar-refractivity contribution in [1.82, 2.24) is 0 Å². The highest BCUT2D eigenvalue weighted by atomic mass is 79.9. The first kappa shape index (κ1) is 12.5. The third-order valence-electron chi connectivity index (χ3n) is 2.39. The topological polar surface area (TPSA) is 35.2 Å². The van der Waals surface area contributed by atoms with Crippen LogP contribution in [0.5, 0.6) is 5.75 Å². The molecular formula is C12H18BrNO. The predicted molar refractivity (Wildman–Crippen MR) is 67.3 cm³/mol. The molecule has 1 aromatic carbocycles. The molecule has 3 heteroatoms. The molecule has 0 amide bonds. The third kappa shape index (κ3) is 4.22. The maximum Gasteiger partial charge on any atom is 0.133 e. The van der Waals surface area contributed by atoms with E-state index in [0.717, 1.165) is 29.6 Å². The second-order valence-corrected chi connectivity index (χ2v) is 4.42. The average Bonchev–Trinajstić information content (AvgIpc) is 2.25. The number of methoxy groups -OCH3 is 1.